The lowest BCUT2D eigenvalue weighted by Crippen LogP contribution is -2.51. The molecule has 5 rings (SSSR count). The monoisotopic (exact) mass is 613 g/mol. The van der Waals surface area contributed by atoms with Crippen LogP contribution >= 0.6 is 11.6 Å². The average molecular weight is 614 g/mol. The van der Waals surface area contributed by atoms with E-state index in [1.54, 1.807) is 23.1 Å². The largest absolute Gasteiger partial charge is 0.448 e. The second-order valence-corrected chi connectivity index (χ2v) is 13.4. The Morgan fingerprint density at radius 3 is 2.27 bits per heavy atom. The predicted molar refractivity (Wildman–Crippen MR) is 149 cm³/mol. The molecule has 0 aromatic heterocycles. The van der Waals surface area contributed by atoms with Gasteiger partial charge >= 0.3 is 6.09 Å². The molecule has 2 aromatic rings. The number of carbonyl (C=O) groups excluding carboxylic acids is 1. The van der Waals surface area contributed by atoms with Crippen molar-refractivity contribution in [1.29, 1.82) is 0 Å². The van der Waals surface area contributed by atoms with E-state index in [0.717, 1.165) is 0 Å². The summed E-state index contributed by atoms with van der Waals surface area (Å²) >= 11 is 5.99. The van der Waals surface area contributed by atoms with Gasteiger partial charge in [0.15, 0.2) is 0 Å². The van der Waals surface area contributed by atoms with Crippen LogP contribution in [0.2, 0.25) is 5.02 Å². The Hall–Kier alpha value is -2.34. The quantitative estimate of drug-likeness (QED) is 0.394. The molecule has 3 aliphatic rings. The molecular formula is C29H35ClF3N3O4S. The van der Waals surface area contributed by atoms with Crippen LogP contribution < -0.4 is 0 Å². The number of benzene rings is 2. The third-order valence-electron chi connectivity index (χ3n) is 8.50. The number of halogens is 4. The molecule has 3 aliphatic heterocycles. The number of amides is 1. The number of carbonyl (C=O) groups is 1. The lowest BCUT2D eigenvalue weighted by atomic mass is 9.93. The Bertz CT molecular complexity index is 1310. The summed E-state index contributed by atoms with van der Waals surface area (Å²) in [4.78, 5) is 16.7. The molecule has 3 saturated heterocycles. The molecule has 224 valence electrons. The molecule has 1 amide bonds. The normalized spacial score (nSPS) is 24.7. The first-order valence-electron chi connectivity index (χ1n) is 14.1. The van der Waals surface area contributed by atoms with Crippen LogP contribution in [0.15, 0.2) is 53.4 Å². The topological polar surface area (TPSA) is 70.2 Å². The number of hydrogen-bond donors (Lipinski definition) is 0. The van der Waals surface area contributed by atoms with Crippen molar-refractivity contribution < 1.29 is 31.1 Å². The molecule has 0 unspecified atom stereocenters. The second-order valence-electron chi connectivity index (χ2n) is 11.1. The standard InChI is InChI=1S/C29H35ClF3N3O4S/c30-21-8-10-24(11-9-21)41(38,39)36-23(4-3-7-27(36)25-5-1-2-6-26(25)31)20-40-28(37)35-16-12-22(13-17-35)34-18-14-29(32,33)15-19-34/h1-2,5-6,8-11,22-23,27H,3-4,7,12-20H2/t23-,27+/m1/s1. The van der Waals surface area contributed by atoms with Crippen molar-refractivity contribution in [2.75, 3.05) is 32.8 Å². The van der Waals surface area contributed by atoms with Gasteiger partial charge in [-0.1, -0.05) is 29.8 Å². The Kier molecular flexibility index (Phi) is 9.18. The number of hydrogen-bond acceptors (Lipinski definition) is 5. The van der Waals surface area contributed by atoms with E-state index < -0.39 is 39.9 Å². The smallest absolute Gasteiger partial charge is 0.409 e. The number of likely N-dealkylation sites (tertiary alicyclic amines) is 2. The zero-order valence-corrected chi connectivity index (χ0v) is 24.3. The van der Waals surface area contributed by atoms with Crippen molar-refractivity contribution in [3.63, 3.8) is 0 Å². The fraction of sp³-hybridized carbons (Fsp3) is 0.552. The van der Waals surface area contributed by atoms with Gasteiger partial charge in [0.25, 0.3) is 5.92 Å². The van der Waals surface area contributed by atoms with Gasteiger partial charge in [0.1, 0.15) is 12.4 Å². The molecule has 2 atom stereocenters. The van der Waals surface area contributed by atoms with Gasteiger partial charge in [-0.3, -0.25) is 4.90 Å². The lowest BCUT2D eigenvalue weighted by Gasteiger charge is -2.42. The van der Waals surface area contributed by atoms with Crippen LogP contribution in [-0.2, 0) is 14.8 Å². The van der Waals surface area contributed by atoms with Crippen molar-refractivity contribution >= 4 is 27.7 Å². The number of rotatable bonds is 6. The van der Waals surface area contributed by atoms with Gasteiger partial charge in [-0.05, 0) is 62.4 Å². The molecule has 2 aromatic carbocycles. The van der Waals surface area contributed by atoms with Crippen molar-refractivity contribution in [2.24, 2.45) is 0 Å². The Morgan fingerprint density at radius 1 is 0.951 bits per heavy atom. The number of alkyl halides is 2. The SMILES string of the molecule is O=C(OC[C@H]1CCC[C@@H](c2ccccc2F)N1S(=O)(=O)c1ccc(Cl)cc1)N1CCC(N2CCC(F)(F)CC2)CC1. The molecule has 41 heavy (non-hydrogen) atoms. The minimum absolute atomic E-state index is 0.0269. The summed E-state index contributed by atoms with van der Waals surface area (Å²) in [6, 6.07) is 10.6. The first-order chi connectivity index (χ1) is 19.5. The molecule has 0 spiro atoms. The Balaban J connectivity index is 1.27. The molecule has 3 fully saturated rings. The highest BCUT2D eigenvalue weighted by Gasteiger charge is 2.43. The molecule has 7 nitrogen and oxygen atoms in total. The van der Waals surface area contributed by atoms with Crippen LogP contribution in [0.25, 0.3) is 0 Å². The van der Waals surface area contributed by atoms with Crippen LogP contribution in [0.5, 0.6) is 0 Å². The summed E-state index contributed by atoms with van der Waals surface area (Å²) < 4.78 is 76.8. The van der Waals surface area contributed by atoms with Gasteiger partial charge in [0, 0.05) is 55.6 Å². The van der Waals surface area contributed by atoms with Crippen LogP contribution in [0.3, 0.4) is 0 Å². The van der Waals surface area contributed by atoms with Gasteiger partial charge in [-0.15, -0.1) is 0 Å². The number of ether oxygens (including phenoxy) is 1. The van der Waals surface area contributed by atoms with E-state index in [9.17, 15) is 26.4 Å². The summed E-state index contributed by atoms with van der Waals surface area (Å²) in [6.45, 7) is 1.41. The molecule has 3 heterocycles. The van der Waals surface area contributed by atoms with Crippen LogP contribution in [0.4, 0.5) is 18.0 Å². The molecular weight excluding hydrogens is 579 g/mol. The maximum absolute atomic E-state index is 14.9. The highest BCUT2D eigenvalue weighted by Crippen LogP contribution is 2.40. The van der Waals surface area contributed by atoms with Crippen LogP contribution in [-0.4, -0.2) is 79.4 Å². The fourth-order valence-corrected chi connectivity index (χ4v) is 8.19. The molecule has 0 aliphatic carbocycles. The molecule has 0 saturated carbocycles. The van der Waals surface area contributed by atoms with Gasteiger partial charge in [0.2, 0.25) is 10.0 Å². The highest BCUT2D eigenvalue weighted by atomic mass is 35.5. The fourth-order valence-electron chi connectivity index (χ4n) is 6.23. The van der Waals surface area contributed by atoms with E-state index in [-0.39, 0.29) is 35.9 Å². The minimum Gasteiger partial charge on any atom is -0.448 e. The summed E-state index contributed by atoms with van der Waals surface area (Å²) in [5.74, 6) is -3.09. The lowest BCUT2D eigenvalue weighted by molar-refractivity contribution is -0.0672. The summed E-state index contributed by atoms with van der Waals surface area (Å²) in [7, 11) is -4.10. The predicted octanol–water partition coefficient (Wildman–Crippen LogP) is 6.10. The van der Waals surface area contributed by atoms with Gasteiger partial charge < -0.3 is 9.64 Å². The minimum atomic E-state index is -4.10. The molecule has 0 N–H and O–H groups in total. The summed E-state index contributed by atoms with van der Waals surface area (Å²) in [5.41, 5.74) is 0.276. The number of piperidine rings is 3. The maximum Gasteiger partial charge on any atom is 0.409 e. The highest BCUT2D eigenvalue weighted by molar-refractivity contribution is 7.89. The molecule has 0 bridgehead atoms. The van der Waals surface area contributed by atoms with Gasteiger partial charge in [-0.2, -0.15) is 4.31 Å². The first kappa shape index (κ1) is 30.1. The summed E-state index contributed by atoms with van der Waals surface area (Å²) in [6.07, 6.45) is 2.02. The van der Waals surface area contributed by atoms with Crippen molar-refractivity contribution in [3.8, 4) is 0 Å². The number of nitrogens with zero attached hydrogens (tertiary/aromatic N) is 3. The summed E-state index contributed by atoms with van der Waals surface area (Å²) in [5, 5.41) is 0.390. The van der Waals surface area contributed by atoms with Crippen molar-refractivity contribution in [2.45, 2.75) is 73.9 Å². The Morgan fingerprint density at radius 2 is 1.61 bits per heavy atom. The zero-order chi connectivity index (χ0) is 29.2. The second kappa shape index (κ2) is 12.5. The molecule has 0 radical (unpaired) electrons. The molecule has 12 heteroatoms. The first-order valence-corrected chi connectivity index (χ1v) is 15.9. The van der Waals surface area contributed by atoms with E-state index in [2.05, 4.69) is 4.90 Å². The maximum atomic E-state index is 14.9. The van der Waals surface area contributed by atoms with Gasteiger partial charge in [0.05, 0.1) is 17.0 Å². The van der Waals surface area contributed by atoms with E-state index >= 15 is 0 Å². The van der Waals surface area contributed by atoms with Crippen molar-refractivity contribution in [1.82, 2.24) is 14.1 Å². The number of sulfonamides is 1. The van der Waals surface area contributed by atoms with Crippen LogP contribution in [0.1, 0.15) is 56.6 Å². The van der Waals surface area contributed by atoms with E-state index in [4.69, 9.17) is 16.3 Å². The van der Waals surface area contributed by atoms with E-state index in [0.29, 0.717) is 63.3 Å². The third kappa shape index (κ3) is 6.84. The Labute approximate surface area is 244 Å². The van der Waals surface area contributed by atoms with E-state index in [1.807, 2.05) is 0 Å². The van der Waals surface area contributed by atoms with Crippen LogP contribution in [0, 0.1) is 5.82 Å². The third-order valence-corrected chi connectivity index (χ3v) is 10.7. The van der Waals surface area contributed by atoms with E-state index in [1.165, 1.54) is 34.6 Å². The van der Waals surface area contributed by atoms with Crippen molar-refractivity contribution in [3.05, 3.63) is 64.9 Å². The zero-order valence-electron chi connectivity index (χ0n) is 22.7. The average Bonchev–Trinajstić information content (AvgIpc) is 2.96. The van der Waals surface area contributed by atoms with Gasteiger partial charge in [-0.25, -0.2) is 26.4 Å².